The first-order chi connectivity index (χ1) is 7.68. The van der Waals surface area contributed by atoms with Gasteiger partial charge in [0, 0.05) is 5.56 Å². The first kappa shape index (κ1) is 12.4. The van der Waals surface area contributed by atoms with Crippen molar-refractivity contribution in [2.45, 2.75) is 38.1 Å². The van der Waals surface area contributed by atoms with Gasteiger partial charge in [-0.3, -0.25) is 0 Å². The minimum absolute atomic E-state index is 0.0747. The lowest BCUT2D eigenvalue weighted by Crippen LogP contribution is -2.12. The molecule has 0 saturated heterocycles. The van der Waals surface area contributed by atoms with Crippen LogP contribution in [0.1, 0.15) is 43.7 Å². The predicted octanol–water partition coefficient (Wildman–Crippen LogP) is 4.95. The zero-order valence-electron chi connectivity index (χ0n) is 9.01. The van der Waals surface area contributed by atoms with E-state index < -0.39 is 0 Å². The van der Waals surface area contributed by atoms with Crippen LogP contribution >= 0.6 is 34.5 Å². The number of rotatable bonds is 2. The Balaban J connectivity index is 2.20. The number of halogens is 2. The van der Waals surface area contributed by atoms with E-state index in [1.807, 2.05) is 6.07 Å². The lowest BCUT2D eigenvalue weighted by molar-refractivity contribution is 0.688. The molecule has 0 amide bonds. The van der Waals surface area contributed by atoms with Crippen molar-refractivity contribution < 1.29 is 0 Å². The zero-order valence-corrected chi connectivity index (χ0v) is 11.3. The van der Waals surface area contributed by atoms with Gasteiger partial charge in [-0.05, 0) is 31.7 Å². The van der Waals surface area contributed by atoms with Gasteiger partial charge < -0.3 is 5.73 Å². The minimum Gasteiger partial charge on any atom is -0.320 e. The second-order valence-corrected chi connectivity index (χ2v) is 6.42. The van der Waals surface area contributed by atoms with E-state index in [-0.39, 0.29) is 6.04 Å². The molecule has 0 aliphatic heterocycles. The molecule has 4 heteroatoms. The third-order valence-corrected chi connectivity index (χ3v) is 4.51. The van der Waals surface area contributed by atoms with Gasteiger partial charge in [-0.2, -0.15) is 0 Å². The highest BCUT2D eigenvalue weighted by molar-refractivity contribution is 7.20. The molecule has 0 aromatic carbocycles. The summed E-state index contributed by atoms with van der Waals surface area (Å²) < 4.78 is 1.44. The SMILES string of the molecule is NC(C1=CCCCCC1)c1cc(Cl)sc1Cl. The maximum absolute atomic E-state index is 6.25. The molecule has 1 nitrogen and oxygen atoms in total. The summed E-state index contributed by atoms with van der Waals surface area (Å²) in [7, 11) is 0. The number of thiophene rings is 1. The first-order valence-corrected chi connectivity index (χ1v) is 7.15. The number of nitrogens with two attached hydrogens (primary N) is 1. The topological polar surface area (TPSA) is 26.0 Å². The highest BCUT2D eigenvalue weighted by Gasteiger charge is 2.18. The molecule has 0 saturated carbocycles. The molecular formula is C12H15Cl2NS. The van der Waals surface area contributed by atoms with Gasteiger partial charge in [0.1, 0.15) is 0 Å². The van der Waals surface area contributed by atoms with Crippen LogP contribution in [0.4, 0.5) is 0 Å². The van der Waals surface area contributed by atoms with Crippen molar-refractivity contribution in [1.82, 2.24) is 0 Å². The standard InChI is InChI=1S/C12H15Cl2NS/c13-10-7-9(12(14)16-10)11(15)8-5-3-1-2-4-6-8/h5,7,11H,1-4,6,15H2. The molecule has 1 aliphatic carbocycles. The van der Waals surface area contributed by atoms with E-state index in [1.54, 1.807) is 0 Å². The van der Waals surface area contributed by atoms with Gasteiger partial charge >= 0.3 is 0 Å². The van der Waals surface area contributed by atoms with Gasteiger partial charge in [0.15, 0.2) is 0 Å². The van der Waals surface area contributed by atoms with Gasteiger partial charge in [0.05, 0.1) is 14.7 Å². The summed E-state index contributed by atoms with van der Waals surface area (Å²) in [6.45, 7) is 0. The van der Waals surface area contributed by atoms with E-state index in [2.05, 4.69) is 6.08 Å². The van der Waals surface area contributed by atoms with Crippen LogP contribution in [0.15, 0.2) is 17.7 Å². The highest BCUT2D eigenvalue weighted by Crippen LogP contribution is 2.38. The molecule has 1 atom stereocenters. The molecule has 2 rings (SSSR count). The Bertz CT molecular complexity index is 398. The highest BCUT2D eigenvalue weighted by atomic mass is 35.5. The van der Waals surface area contributed by atoms with E-state index in [0.717, 1.165) is 22.7 Å². The van der Waals surface area contributed by atoms with Crippen molar-refractivity contribution in [3.05, 3.63) is 32.0 Å². The quantitative estimate of drug-likeness (QED) is 0.760. The molecule has 1 aromatic heterocycles. The van der Waals surface area contributed by atoms with E-state index in [9.17, 15) is 0 Å². The Morgan fingerprint density at radius 3 is 2.75 bits per heavy atom. The van der Waals surface area contributed by atoms with Crippen LogP contribution in [0, 0.1) is 0 Å². The number of hydrogen-bond acceptors (Lipinski definition) is 2. The van der Waals surface area contributed by atoms with Crippen LogP contribution < -0.4 is 5.73 Å². The van der Waals surface area contributed by atoms with Crippen molar-refractivity contribution in [1.29, 1.82) is 0 Å². The Labute approximate surface area is 110 Å². The van der Waals surface area contributed by atoms with Gasteiger partial charge in [-0.1, -0.05) is 41.3 Å². The molecule has 1 unspecified atom stereocenters. The minimum atomic E-state index is -0.0747. The summed E-state index contributed by atoms with van der Waals surface area (Å²) >= 11 is 13.5. The van der Waals surface area contributed by atoms with E-state index in [1.165, 1.54) is 36.2 Å². The molecule has 2 N–H and O–H groups in total. The molecule has 16 heavy (non-hydrogen) atoms. The maximum Gasteiger partial charge on any atom is 0.0995 e. The van der Waals surface area contributed by atoms with E-state index in [4.69, 9.17) is 28.9 Å². The van der Waals surface area contributed by atoms with Gasteiger partial charge in [-0.25, -0.2) is 0 Å². The lowest BCUT2D eigenvalue weighted by Gasteiger charge is -2.14. The second-order valence-electron chi connectivity index (χ2n) is 4.14. The third kappa shape index (κ3) is 2.80. The summed E-state index contributed by atoms with van der Waals surface area (Å²) in [5.74, 6) is 0. The molecule has 0 radical (unpaired) electrons. The van der Waals surface area contributed by atoms with Crippen LogP contribution in [-0.4, -0.2) is 0 Å². The monoisotopic (exact) mass is 275 g/mol. The Morgan fingerprint density at radius 1 is 1.25 bits per heavy atom. The van der Waals surface area contributed by atoms with Crippen LogP contribution in [0.2, 0.25) is 8.67 Å². The Morgan fingerprint density at radius 2 is 2.06 bits per heavy atom. The van der Waals surface area contributed by atoms with Gasteiger partial charge in [0.2, 0.25) is 0 Å². The average Bonchev–Trinajstić information content (AvgIpc) is 2.49. The average molecular weight is 276 g/mol. The van der Waals surface area contributed by atoms with Crippen LogP contribution in [-0.2, 0) is 0 Å². The van der Waals surface area contributed by atoms with E-state index in [0.29, 0.717) is 4.34 Å². The molecule has 0 bridgehead atoms. The van der Waals surface area contributed by atoms with Crippen LogP contribution in [0.3, 0.4) is 0 Å². The van der Waals surface area contributed by atoms with Crippen molar-refractivity contribution in [3.8, 4) is 0 Å². The number of allylic oxidation sites excluding steroid dienone is 1. The molecular weight excluding hydrogens is 261 g/mol. The van der Waals surface area contributed by atoms with Crippen molar-refractivity contribution in [2.75, 3.05) is 0 Å². The third-order valence-electron chi connectivity index (χ3n) is 2.99. The van der Waals surface area contributed by atoms with Crippen molar-refractivity contribution in [2.24, 2.45) is 5.73 Å². The summed E-state index contributed by atoms with van der Waals surface area (Å²) in [5, 5.41) is 0. The molecule has 1 aromatic rings. The van der Waals surface area contributed by atoms with Gasteiger partial charge in [-0.15, -0.1) is 11.3 Å². The fraction of sp³-hybridized carbons (Fsp3) is 0.500. The Hall–Kier alpha value is -0.0200. The smallest absolute Gasteiger partial charge is 0.0995 e. The summed E-state index contributed by atoms with van der Waals surface area (Å²) in [6, 6.07) is 1.82. The predicted molar refractivity (Wildman–Crippen MR) is 72.4 cm³/mol. The largest absolute Gasteiger partial charge is 0.320 e. The first-order valence-electron chi connectivity index (χ1n) is 5.57. The Kier molecular flexibility index (Phi) is 4.31. The fourth-order valence-electron chi connectivity index (χ4n) is 2.09. The summed E-state index contributed by atoms with van der Waals surface area (Å²) in [6.07, 6.45) is 8.30. The van der Waals surface area contributed by atoms with Crippen molar-refractivity contribution in [3.63, 3.8) is 0 Å². The second kappa shape index (κ2) is 5.54. The fourth-order valence-corrected chi connectivity index (χ4v) is 3.64. The molecule has 1 heterocycles. The summed E-state index contributed by atoms with van der Waals surface area (Å²) in [4.78, 5) is 0. The van der Waals surface area contributed by atoms with Crippen LogP contribution in [0.25, 0.3) is 0 Å². The molecule has 1 aliphatic rings. The number of hydrogen-bond donors (Lipinski definition) is 1. The zero-order chi connectivity index (χ0) is 11.5. The van der Waals surface area contributed by atoms with E-state index >= 15 is 0 Å². The lowest BCUT2D eigenvalue weighted by atomic mass is 9.98. The van der Waals surface area contributed by atoms with Gasteiger partial charge in [0.25, 0.3) is 0 Å². The van der Waals surface area contributed by atoms with Crippen LogP contribution in [0.5, 0.6) is 0 Å². The molecule has 88 valence electrons. The summed E-state index contributed by atoms with van der Waals surface area (Å²) in [5.41, 5.74) is 8.54. The molecule has 0 fully saturated rings. The normalized spacial score (nSPS) is 19.1. The maximum atomic E-state index is 6.25. The van der Waals surface area contributed by atoms with Crippen molar-refractivity contribution >= 4 is 34.5 Å². The molecule has 0 spiro atoms.